The first-order valence-electron chi connectivity index (χ1n) is 26.4. The number of urea groups is 1. The third-order valence-electron chi connectivity index (χ3n) is 13.4. The minimum absolute atomic E-state index is 0.0801. The van der Waals surface area contributed by atoms with E-state index in [-0.39, 0.29) is 68.9 Å². The van der Waals surface area contributed by atoms with Crippen LogP contribution < -0.4 is 54.2 Å². The zero-order chi connectivity index (χ0) is 56.8. The van der Waals surface area contributed by atoms with Gasteiger partial charge in [0, 0.05) is 31.7 Å². The Kier molecular flexibility index (Phi) is 25.5. The molecular weight excluding hydrogens is 1000 g/mol. The highest BCUT2D eigenvalue weighted by atomic mass is 16.6. The lowest BCUT2D eigenvalue weighted by Gasteiger charge is -2.39. The molecular formula is C53H82N10O14. The Labute approximate surface area is 450 Å². The predicted octanol–water partition coefficient (Wildman–Crippen LogP) is 1.40. The van der Waals surface area contributed by atoms with Crippen molar-refractivity contribution in [2.75, 3.05) is 25.0 Å². The molecule has 12 atom stereocenters. The van der Waals surface area contributed by atoms with Gasteiger partial charge in [-0.1, -0.05) is 62.8 Å². The molecule has 24 nitrogen and oxygen atoms in total. The normalized spacial score (nSPS) is 24.7. The van der Waals surface area contributed by atoms with Crippen LogP contribution in [0.5, 0.6) is 0 Å². The number of unbranched alkanes of at least 4 members (excludes halogenated alkanes) is 1. The van der Waals surface area contributed by atoms with Crippen molar-refractivity contribution in [1.82, 2.24) is 37.4 Å². The quantitative estimate of drug-likeness (QED) is 0.0195. The molecule has 12 unspecified atom stereocenters. The number of epoxide rings is 1. The van der Waals surface area contributed by atoms with Crippen LogP contribution in [0.3, 0.4) is 0 Å². The summed E-state index contributed by atoms with van der Waals surface area (Å²) in [7, 11) is 0. The molecule has 3 fully saturated rings. The Bertz CT molecular complexity index is 2250. The number of hydrogen-bond acceptors (Lipinski definition) is 15. The SMILES string of the molecule is CC(=O)NC(CCCCN)C(=O)NC(C(=O)NC(CCCNC(N)=O)C(=O)Nc1ccc(COC(=O)NNC(=O)CC2CC3(CO3)C(O)C(C=CC(C)=CCC3OC(C)C(NC(=O)C=CC(C)O)CC3C)O2)cc1)C(C)C. The van der Waals surface area contributed by atoms with Gasteiger partial charge in [0.1, 0.15) is 42.5 Å². The van der Waals surface area contributed by atoms with Gasteiger partial charge in [0.15, 0.2) is 0 Å². The molecule has 3 saturated heterocycles. The number of nitrogens with one attached hydrogen (secondary N) is 8. The standard InChI is InChI=1S/C53H82N10O14/c1-30(2)46(61-49(70)39(57-35(7)65)11-8-9-23-54)50(71)60-40(12-10-24-56-51(55)72)48(69)58-37-18-16-36(17-19-37)28-74-52(73)63-62-45(67)26-38-27-53(29-75-53)47(68)43(77-38)21-14-31(3)13-20-42-32(4)25-41(34(6)76-42)59-44(66)22-15-33(5)64/h13-19,21-22,30,32-34,38-43,46-47,64,68H,8-12,20,23-29,54H2,1-7H3,(H,57,65)(H,58,69)(H,59,66)(H,60,71)(H,61,70)(H,62,67)(H,63,73)(H3,55,56,72). The van der Waals surface area contributed by atoms with Gasteiger partial charge in [-0.15, -0.1) is 0 Å². The minimum Gasteiger partial charge on any atom is -0.443 e. The zero-order valence-electron chi connectivity index (χ0n) is 45.3. The Morgan fingerprint density at radius 3 is 2.21 bits per heavy atom. The van der Waals surface area contributed by atoms with Gasteiger partial charge in [0.2, 0.25) is 35.4 Å². The summed E-state index contributed by atoms with van der Waals surface area (Å²) in [6.07, 6.45) is 7.30. The highest BCUT2D eigenvalue weighted by molar-refractivity contribution is 5.99. The second kappa shape index (κ2) is 31.1. The van der Waals surface area contributed by atoms with Crippen molar-refractivity contribution in [2.24, 2.45) is 23.3 Å². The number of hydrogen-bond donors (Lipinski definition) is 12. The summed E-state index contributed by atoms with van der Waals surface area (Å²) < 4.78 is 23.4. The second-order valence-electron chi connectivity index (χ2n) is 20.5. The van der Waals surface area contributed by atoms with E-state index in [0.29, 0.717) is 50.1 Å². The summed E-state index contributed by atoms with van der Waals surface area (Å²) in [5, 5.41) is 36.8. The van der Waals surface area contributed by atoms with E-state index in [1.54, 1.807) is 51.1 Å². The van der Waals surface area contributed by atoms with Crippen LogP contribution >= 0.6 is 0 Å². The zero-order valence-corrected chi connectivity index (χ0v) is 45.3. The van der Waals surface area contributed by atoms with Crippen LogP contribution in [0.1, 0.15) is 112 Å². The van der Waals surface area contributed by atoms with Crippen molar-refractivity contribution >= 4 is 53.3 Å². The molecule has 0 bridgehead atoms. The number of amides is 9. The number of aliphatic hydroxyl groups excluding tert-OH is 2. The molecule has 1 spiro atoms. The van der Waals surface area contributed by atoms with Crippen LogP contribution in [-0.2, 0) is 54.3 Å². The number of allylic oxidation sites excluding steroid dienone is 2. The third kappa shape index (κ3) is 21.8. The van der Waals surface area contributed by atoms with Gasteiger partial charge in [0.05, 0.1) is 43.5 Å². The smallest absolute Gasteiger partial charge is 0.426 e. The predicted molar refractivity (Wildman–Crippen MR) is 284 cm³/mol. The Morgan fingerprint density at radius 1 is 0.883 bits per heavy atom. The highest BCUT2D eigenvalue weighted by Gasteiger charge is 2.58. The third-order valence-corrected chi connectivity index (χ3v) is 13.4. The van der Waals surface area contributed by atoms with Gasteiger partial charge < -0.3 is 72.5 Å². The summed E-state index contributed by atoms with van der Waals surface area (Å²) in [5.74, 6) is -3.32. The lowest BCUT2D eigenvalue weighted by Crippen LogP contribution is -2.57. The number of carbonyl (C=O) groups excluding carboxylic acids is 8. The van der Waals surface area contributed by atoms with Crippen molar-refractivity contribution in [3.05, 3.63) is 65.8 Å². The van der Waals surface area contributed by atoms with E-state index in [2.05, 4.69) is 49.7 Å². The molecule has 77 heavy (non-hydrogen) atoms. The van der Waals surface area contributed by atoms with Crippen molar-refractivity contribution in [2.45, 2.75) is 179 Å². The van der Waals surface area contributed by atoms with Crippen LogP contribution in [0.4, 0.5) is 15.3 Å². The van der Waals surface area contributed by atoms with Gasteiger partial charge in [-0.05, 0) is 102 Å². The molecule has 1 aromatic rings. The Hall–Kier alpha value is -6.44. The van der Waals surface area contributed by atoms with E-state index in [0.717, 1.165) is 12.0 Å². The van der Waals surface area contributed by atoms with Gasteiger partial charge >= 0.3 is 12.1 Å². The lowest BCUT2D eigenvalue weighted by atomic mass is 9.87. The first kappa shape index (κ1) is 63.1. The molecule has 1 aromatic carbocycles. The maximum Gasteiger partial charge on any atom is 0.426 e. The Balaban J connectivity index is 1.24. The van der Waals surface area contributed by atoms with Crippen LogP contribution in [0.2, 0.25) is 0 Å². The maximum absolute atomic E-state index is 13.7. The molecule has 4 rings (SSSR count). The second-order valence-corrected chi connectivity index (χ2v) is 20.5. The van der Waals surface area contributed by atoms with Crippen molar-refractivity contribution in [3.63, 3.8) is 0 Å². The van der Waals surface area contributed by atoms with E-state index in [1.165, 1.54) is 19.1 Å². The summed E-state index contributed by atoms with van der Waals surface area (Å²) in [5.41, 5.74) is 16.3. The molecule has 0 radical (unpaired) electrons. The van der Waals surface area contributed by atoms with Gasteiger partial charge in [0.25, 0.3) is 0 Å². The summed E-state index contributed by atoms with van der Waals surface area (Å²) in [4.78, 5) is 102. The molecule has 14 N–H and O–H groups in total. The first-order chi connectivity index (χ1) is 36.5. The summed E-state index contributed by atoms with van der Waals surface area (Å²) in [6.45, 7) is 12.8. The fraction of sp³-hybridized carbons (Fsp3) is 0.623. The highest BCUT2D eigenvalue weighted by Crippen LogP contribution is 2.43. The van der Waals surface area contributed by atoms with Crippen molar-refractivity contribution in [1.29, 1.82) is 0 Å². The van der Waals surface area contributed by atoms with Gasteiger partial charge in [-0.25, -0.2) is 15.0 Å². The van der Waals surface area contributed by atoms with Crippen LogP contribution in [0.15, 0.2) is 60.2 Å². The first-order valence-corrected chi connectivity index (χ1v) is 26.4. The van der Waals surface area contributed by atoms with Crippen LogP contribution in [0, 0.1) is 11.8 Å². The molecule has 0 aromatic heterocycles. The number of primary amides is 1. The summed E-state index contributed by atoms with van der Waals surface area (Å²) in [6, 6.07) is 2.29. The largest absolute Gasteiger partial charge is 0.443 e. The number of benzene rings is 1. The fourth-order valence-electron chi connectivity index (χ4n) is 8.91. The number of hydrazine groups is 1. The topological polar surface area (TPSA) is 366 Å². The number of aliphatic hydroxyl groups is 2. The molecule has 428 valence electrons. The molecule has 0 aliphatic carbocycles. The van der Waals surface area contributed by atoms with Crippen LogP contribution in [-0.4, -0.2) is 144 Å². The van der Waals surface area contributed by atoms with Crippen LogP contribution in [0.25, 0.3) is 0 Å². The number of rotatable bonds is 27. The molecule has 24 heteroatoms. The van der Waals surface area contributed by atoms with E-state index in [9.17, 15) is 48.6 Å². The summed E-state index contributed by atoms with van der Waals surface area (Å²) >= 11 is 0. The minimum atomic E-state index is -1.11. The number of nitrogens with two attached hydrogens (primary N) is 2. The van der Waals surface area contributed by atoms with Gasteiger partial charge in [-0.2, -0.15) is 0 Å². The molecule has 3 aliphatic heterocycles. The van der Waals surface area contributed by atoms with E-state index < -0.39 is 95.7 Å². The van der Waals surface area contributed by atoms with E-state index in [4.69, 9.17) is 30.4 Å². The maximum atomic E-state index is 13.7. The van der Waals surface area contributed by atoms with Gasteiger partial charge in [-0.3, -0.25) is 34.2 Å². The fourth-order valence-corrected chi connectivity index (χ4v) is 8.91. The van der Waals surface area contributed by atoms with Crippen molar-refractivity contribution < 1.29 is 67.5 Å². The molecule has 9 amide bonds. The average Bonchev–Trinajstić information content (AvgIpc) is 4.16. The average molecular weight is 1080 g/mol. The number of anilines is 1. The van der Waals surface area contributed by atoms with E-state index >= 15 is 0 Å². The molecule has 3 aliphatic rings. The van der Waals surface area contributed by atoms with Crippen molar-refractivity contribution in [3.8, 4) is 0 Å². The number of carbonyl (C=O) groups is 8. The monoisotopic (exact) mass is 1080 g/mol. The molecule has 0 saturated carbocycles. The lowest BCUT2D eigenvalue weighted by molar-refractivity contribution is -0.145. The number of ether oxygens (including phenoxy) is 4. The van der Waals surface area contributed by atoms with E-state index in [1.807, 2.05) is 26.0 Å². The molecule has 3 heterocycles. The Morgan fingerprint density at radius 2 is 1.57 bits per heavy atom.